The molecule has 17 heavy (non-hydrogen) atoms. The average Bonchev–Trinajstić information content (AvgIpc) is 3.03. The Morgan fingerprint density at radius 1 is 1.47 bits per heavy atom. The summed E-state index contributed by atoms with van der Waals surface area (Å²) in [5, 5.41) is 3.24. The molecule has 0 aromatic carbocycles. The van der Waals surface area contributed by atoms with Crippen molar-refractivity contribution >= 4 is 21.7 Å². The van der Waals surface area contributed by atoms with Crippen molar-refractivity contribution in [1.29, 1.82) is 0 Å². The number of anilines is 1. The first-order valence-corrected chi connectivity index (χ1v) is 6.41. The second kappa shape index (κ2) is 4.52. The van der Waals surface area contributed by atoms with E-state index in [-0.39, 0.29) is 11.1 Å². The number of alkyl halides is 2. The van der Waals surface area contributed by atoms with Gasteiger partial charge in [-0.1, -0.05) is 0 Å². The summed E-state index contributed by atoms with van der Waals surface area (Å²) in [6, 6.07) is 1.42. The lowest BCUT2D eigenvalue weighted by Crippen LogP contribution is -2.33. The van der Waals surface area contributed by atoms with Gasteiger partial charge in [-0.05, 0) is 54.6 Å². The molecular formula is C12H15BrF2N2. The molecule has 0 amide bonds. The highest BCUT2D eigenvalue weighted by Gasteiger charge is 2.37. The Hall–Kier alpha value is -0.710. The standard InChI is InChI=1S/C12H15BrF2N2/c1-12(2,7-3-4-7)17-10-5-8(11(14)15)9(13)6-16-10/h5-7,11H,3-4H2,1-2H3,(H,16,17). The molecule has 2 nitrogen and oxygen atoms in total. The summed E-state index contributed by atoms with van der Waals surface area (Å²) in [5.41, 5.74) is -0.102. The van der Waals surface area contributed by atoms with E-state index in [1.54, 1.807) is 0 Å². The fourth-order valence-electron chi connectivity index (χ4n) is 1.93. The number of nitrogens with zero attached hydrogens (tertiary/aromatic N) is 1. The summed E-state index contributed by atoms with van der Waals surface area (Å²) in [5.74, 6) is 1.13. The van der Waals surface area contributed by atoms with E-state index in [1.165, 1.54) is 25.1 Å². The third-order valence-electron chi connectivity index (χ3n) is 3.17. The summed E-state index contributed by atoms with van der Waals surface area (Å²) in [6.07, 6.45) is 1.32. The van der Waals surface area contributed by atoms with Gasteiger partial charge in [-0.2, -0.15) is 0 Å². The molecule has 0 unspecified atom stereocenters. The molecule has 0 aliphatic heterocycles. The molecule has 1 aliphatic rings. The number of aromatic nitrogens is 1. The molecule has 0 spiro atoms. The minimum atomic E-state index is -2.49. The molecule has 5 heteroatoms. The molecule has 0 bridgehead atoms. The maximum atomic E-state index is 12.7. The Balaban J connectivity index is 2.18. The lowest BCUT2D eigenvalue weighted by atomic mass is 9.99. The molecule has 1 aromatic heterocycles. The maximum absolute atomic E-state index is 12.7. The van der Waals surface area contributed by atoms with Crippen LogP contribution in [-0.4, -0.2) is 10.5 Å². The molecule has 0 saturated heterocycles. The van der Waals surface area contributed by atoms with Crippen molar-refractivity contribution in [3.8, 4) is 0 Å². The van der Waals surface area contributed by atoms with E-state index < -0.39 is 6.43 Å². The van der Waals surface area contributed by atoms with Gasteiger partial charge in [0.15, 0.2) is 0 Å². The van der Waals surface area contributed by atoms with Gasteiger partial charge < -0.3 is 5.32 Å². The highest BCUT2D eigenvalue weighted by atomic mass is 79.9. The molecule has 1 N–H and O–H groups in total. The monoisotopic (exact) mass is 304 g/mol. The van der Waals surface area contributed by atoms with Crippen LogP contribution in [0.3, 0.4) is 0 Å². The second-order valence-corrected chi connectivity index (χ2v) is 5.87. The minimum Gasteiger partial charge on any atom is -0.365 e. The van der Waals surface area contributed by atoms with Crippen LogP contribution in [0, 0.1) is 5.92 Å². The summed E-state index contributed by atoms with van der Waals surface area (Å²) in [4.78, 5) is 4.13. The van der Waals surface area contributed by atoms with Crippen molar-refractivity contribution in [3.63, 3.8) is 0 Å². The topological polar surface area (TPSA) is 24.9 Å². The molecule has 0 atom stereocenters. The normalized spacial score (nSPS) is 16.4. The van der Waals surface area contributed by atoms with E-state index in [1.807, 2.05) is 0 Å². The van der Waals surface area contributed by atoms with Gasteiger partial charge in [0, 0.05) is 21.8 Å². The second-order valence-electron chi connectivity index (χ2n) is 5.01. The van der Waals surface area contributed by atoms with Gasteiger partial charge in [-0.25, -0.2) is 13.8 Å². The molecule has 1 aliphatic carbocycles. The zero-order chi connectivity index (χ0) is 12.6. The fraction of sp³-hybridized carbons (Fsp3) is 0.583. The van der Waals surface area contributed by atoms with Crippen molar-refractivity contribution in [2.75, 3.05) is 5.32 Å². The van der Waals surface area contributed by atoms with E-state index in [0.29, 0.717) is 16.2 Å². The lowest BCUT2D eigenvalue weighted by Gasteiger charge is -2.27. The van der Waals surface area contributed by atoms with Crippen LogP contribution in [0.5, 0.6) is 0 Å². The van der Waals surface area contributed by atoms with Crippen LogP contribution in [0.25, 0.3) is 0 Å². The lowest BCUT2D eigenvalue weighted by molar-refractivity contribution is 0.150. The van der Waals surface area contributed by atoms with Crippen LogP contribution in [0.1, 0.15) is 38.7 Å². The van der Waals surface area contributed by atoms with Crippen LogP contribution >= 0.6 is 15.9 Å². The summed E-state index contributed by atoms with van der Waals surface area (Å²) < 4.78 is 25.8. The van der Waals surface area contributed by atoms with Crippen molar-refractivity contribution < 1.29 is 8.78 Å². The zero-order valence-corrected chi connectivity index (χ0v) is 11.4. The van der Waals surface area contributed by atoms with Crippen LogP contribution in [0.2, 0.25) is 0 Å². The summed E-state index contributed by atoms with van der Waals surface area (Å²) in [7, 11) is 0. The largest absolute Gasteiger partial charge is 0.365 e. The maximum Gasteiger partial charge on any atom is 0.265 e. The summed E-state index contributed by atoms with van der Waals surface area (Å²) in [6.45, 7) is 4.16. The van der Waals surface area contributed by atoms with E-state index in [4.69, 9.17) is 0 Å². The third kappa shape index (κ3) is 2.94. The van der Waals surface area contributed by atoms with Gasteiger partial charge in [-0.3, -0.25) is 0 Å². The number of nitrogens with one attached hydrogen (secondary N) is 1. The molecule has 1 aromatic rings. The predicted molar refractivity (Wildman–Crippen MR) is 67.3 cm³/mol. The molecular weight excluding hydrogens is 290 g/mol. The highest BCUT2D eigenvalue weighted by Crippen LogP contribution is 2.41. The van der Waals surface area contributed by atoms with Gasteiger partial charge in [0.05, 0.1) is 0 Å². The van der Waals surface area contributed by atoms with Crippen molar-refractivity contribution in [2.45, 2.75) is 38.7 Å². The Kier molecular flexibility index (Phi) is 3.39. The van der Waals surface area contributed by atoms with Gasteiger partial charge in [0.1, 0.15) is 5.82 Å². The molecule has 1 heterocycles. The van der Waals surface area contributed by atoms with Crippen LogP contribution in [0.4, 0.5) is 14.6 Å². The quantitative estimate of drug-likeness (QED) is 0.893. The highest BCUT2D eigenvalue weighted by molar-refractivity contribution is 9.10. The minimum absolute atomic E-state index is 0.0194. The molecule has 94 valence electrons. The first-order chi connectivity index (χ1) is 7.90. The Morgan fingerprint density at radius 3 is 2.65 bits per heavy atom. The van der Waals surface area contributed by atoms with Gasteiger partial charge in [-0.15, -0.1) is 0 Å². The van der Waals surface area contributed by atoms with Gasteiger partial charge in [0.25, 0.3) is 6.43 Å². The zero-order valence-electron chi connectivity index (χ0n) is 9.80. The fourth-order valence-corrected chi connectivity index (χ4v) is 2.32. The van der Waals surface area contributed by atoms with Crippen molar-refractivity contribution in [1.82, 2.24) is 4.98 Å². The van der Waals surface area contributed by atoms with Crippen LogP contribution in [-0.2, 0) is 0 Å². The van der Waals surface area contributed by atoms with Crippen LogP contribution < -0.4 is 5.32 Å². The van der Waals surface area contributed by atoms with Gasteiger partial charge >= 0.3 is 0 Å². The Labute approximate surface area is 108 Å². The first kappa shape index (κ1) is 12.7. The smallest absolute Gasteiger partial charge is 0.265 e. The van der Waals surface area contributed by atoms with Crippen LogP contribution in [0.15, 0.2) is 16.7 Å². The van der Waals surface area contributed by atoms with E-state index in [2.05, 4.69) is 40.1 Å². The van der Waals surface area contributed by atoms with Crippen molar-refractivity contribution in [2.24, 2.45) is 5.92 Å². The average molecular weight is 305 g/mol. The van der Waals surface area contributed by atoms with Crippen molar-refractivity contribution in [3.05, 3.63) is 22.3 Å². The van der Waals surface area contributed by atoms with E-state index in [0.717, 1.165) is 0 Å². The number of halogens is 3. The molecule has 1 saturated carbocycles. The Morgan fingerprint density at radius 2 is 2.12 bits per heavy atom. The number of rotatable bonds is 4. The number of pyridine rings is 1. The molecule has 2 rings (SSSR count). The molecule has 1 fully saturated rings. The third-order valence-corrected chi connectivity index (χ3v) is 3.83. The van der Waals surface area contributed by atoms with Gasteiger partial charge in [0.2, 0.25) is 0 Å². The SMILES string of the molecule is CC(C)(Nc1cc(C(F)F)c(Br)cn1)C1CC1. The molecule has 0 radical (unpaired) electrons. The van der Waals surface area contributed by atoms with E-state index in [9.17, 15) is 8.78 Å². The number of hydrogen-bond donors (Lipinski definition) is 1. The summed E-state index contributed by atoms with van der Waals surface area (Å²) >= 11 is 3.08. The Bertz CT molecular complexity index is 417. The van der Waals surface area contributed by atoms with E-state index >= 15 is 0 Å². The predicted octanol–water partition coefficient (Wildman–Crippen LogP) is 4.38. The number of hydrogen-bond acceptors (Lipinski definition) is 2. The first-order valence-electron chi connectivity index (χ1n) is 5.62.